The van der Waals surface area contributed by atoms with Gasteiger partial charge in [-0.25, -0.2) is 4.98 Å². The van der Waals surface area contributed by atoms with Gasteiger partial charge in [0, 0.05) is 31.1 Å². The fourth-order valence-corrected chi connectivity index (χ4v) is 4.85. The van der Waals surface area contributed by atoms with Crippen LogP contribution in [0.25, 0.3) is 11.0 Å². The van der Waals surface area contributed by atoms with Gasteiger partial charge in [-0.3, -0.25) is 4.79 Å². The third-order valence-electron chi connectivity index (χ3n) is 6.87. The molecule has 1 aromatic heterocycles. The molecule has 0 bridgehead atoms. The average molecular weight is 424 g/mol. The van der Waals surface area contributed by atoms with Crippen LogP contribution in [0.15, 0.2) is 60.7 Å². The van der Waals surface area contributed by atoms with E-state index >= 15 is 0 Å². The molecule has 1 aliphatic rings. The summed E-state index contributed by atoms with van der Waals surface area (Å²) in [5, 5.41) is 0. The summed E-state index contributed by atoms with van der Waals surface area (Å²) >= 11 is 0. The van der Waals surface area contributed by atoms with Gasteiger partial charge >= 0.3 is 0 Å². The molecule has 1 atom stereocenters. The van der Waals surface area contributed by atoms with Crippen molar-refractivity contribution < 1.29 is 4.79 Å². The highest BCUT2D eigenvalue weighted by atomic mass is 16.2. The molecule has 5 rings (SSSR count). The third kappa shape index (κ3) is 3.50. The smallest absolute Gasteiger partial charge is 0.227 e. The van der Waals surface area contributed by atoms with Gasteiger partial charge in [-0.05, 0) is 68.1 Å². The number of imidazole rings is 1. The fraction of sp³-hybridized carbons (Fsp3) is 0.286. The standard InChI is InChI=1S/C28H29N3O/c1-18-12-13-20(3)22(14-18)16-31-26-10-6-5-9-24(26)29-28(31)23-15-27(32)30(17-23)25-11-7-8-19(2)21(25)4/h5-14,23H,15-17H2,1-4H3. The number of aromatic nitrogens is 2. The lowest BCUT2D eigenvalue weighted by Gasteiger charge is -2.20. The van der Waals surface area contributed by atoms with Crippen molar-refractivity contribution in [2.45, 2.75) is 46.6 Å². The van der Waals surface area contributed by atoms with E-state index in [0.29, 0.717) is 13.0 Å². The molecule has 0 N–H and O–H groups in total. The summed E-state index contributed by atoms with van der Waals surface area (Å²) < 4.78 is 2.32. The summed E-state index contributed by atoms with van der Waals surface area (Å²) in [5.41, 5.74) is 9.35. The van der Waals surface area contributed by atoms with Crippen molar-refractivity contribution >= 4 is 22.6 Å². The highest BCUT2D eigenvalue weighted by Gasteiger charge is 2.35. The number of amides is 1. The van der Waals surface area contributed by atoms with Gasteiger partial charge in [-0.15, -0.1) is 0 Å². The van der Waals surface area contributed by atoms with Crippen molar-refractivity contribution in [1.82, 2.24) is 9.55 Å². The maximum atomic E-state index is 13.1. The Hall–Kier alpha value is -3.40. The monoisotopic (exact) mass is 423 g/mol. The Morgan fingerprint density at radius 2 is 1.75 bits per heavy atom. The summed E-state index contributed by atoms with van der Waals surface area (Å²) in [7, 11) is 0. The zero-order valence-electron chi connectivity index (χ0n) is 19.2. The fourth-order valence-electron chi connectivity index (χ4n) is 4.85. The Labute approximate surface area is 189 Å². The molecule has 0 saturated carbocycles. The number of nitrogens with zero attached hydrogens (tertiary/aromatic N) is 3. The SMILES string of the molecule is Cc1ccc(C)c(Cn2c(C3CC(=O)N(c4cccc(C)c4C)C3)nc3ccccc32)c1. The first-order valence-electron chi connectivity index (χ1n) is 11.3. The second-order valence-electron chi connectivity index (χ2n) is 9.10. The first kappa shape index (κ1) is 20.5. The second kappa shape index (κ2) is 7.94. The molecule has 0 spiro atoms. The summed E-state index contributed by atoms with van der Waals surface area (Å²) in [6, 6.07) is 21.1. The molecule has 1 aliphatic heterocycles. The molecule has 4 nitrogen and oxygen atoms in total. The van der Waals surface area contributed by atoms with Gasteiger partial charge < -0.3 is 9.47 Å². The van der Waals surface area contributed by atoms with Crippen LogP contribution in [0.1, 0.15) is 46.0 Å². The third-order valence-corrected chi connectivity index (χ3v) is 6.87. The lowest BCUT2D eigenvalue weighted by Crippen LogP contribution is -2.25. The number of fused-ring (bicyclic) bond motifs is 1. The predicted molar refractivity (Wildman–Crippen MR) is 130 cm³/mol. The summed E-state index contributed by atoms with van der Waals surface area (Å²) in [6.07, 6.45) is 0.490. The van der Waals surface area contributed by atoms with Crippen LogP contribution in [-0.2, 0) is 11.3 Å². The van der Waals surface area contributed by atoms with Crippen molar-refractivity contribution in [3.63, 3.8) is 0 Å². The number of anilines is 1. The Bertz CT molecular complexity index is 1330. The topological polar surface area (TPSA) is 38.1 Å². The van der Waals surface area contributed by atoms with Crippen LogP contribution in [0, 0.1) is 27.7 Å². The predicted octanol–water partition coefficient (Wildman–Crippen LogP) is 5.84. The number of hydrogen-bond acceptors (Lipinski definition) is 2. The molecule has 4 heteroatoms. The molecular weight excluding hydrogens is 394 g/mol. The van der Waals surface area contributed by atoms with Gasteiger partial charge in [0.1, 0.15) is 5.82 Å². The number of benzene rings is 3. The molecular formula is C28H29N3O. The van der Waals surface area contributed by atoms with Crippen molar-refractivity contribution in [1.29, 1.82) is 0 Å². The zero-order chi connectivity index (χ0) is 22.4. The Morgan fingerprint density at radius 3 is 2.59 bits per heavy atom. The van der Waals surface area contributed by atoms with Gasteiger partial charge in [0.25, 0.3) is 0 Å². The van der Waals surface area contributed by atoms with E-state index < -0.39 is 0 Å². The van der Waals surface area contributed by atoms with Crippen LogP contribution in [-0.4, -0.2) is 22.0 Å². The van der Waals surface area contributed by atoms with E-state index in [2.05, 4.69) is 80.8 Å². The van der Waals surface area contributed by atoms with E-state index in [0.717, 1.165) is 29.1 Å². The lowest BCUT2D eigenvalue weighted by atomic mass is 10.0. The van der Waals surface area contributed by atoms with Crippen LogP contribution in [0.4, 0.5) is 5.69 Å². The van der Waals surface area contributed by atoms with Crippen molar-refractivity contribution in [3.8, 4) is 0 Å². The molecule has 3 aromatic carbocycles. The molecule has 0 radical (unpaired) electrons. The van der Waals surface area contributed by atoms with E-state index in [1.54, 1.807) is 0 Å². The van der Waals surface area contributed by atoms with Gasteiger partial charge in [0.2, 0.25) is 5.91 Å². The maximum Gasteiger partial charge on any atom is 0.227 e. The molecule has 162 valence electrons. The summed E-state index contributed by atoms with van der Waals surface area (Å²) in [6.45, 7) is 9.92. The van der Waals surface area contributed by atoms with E-state index in [-0.39, 0.29) is 11.8 Å². The number of rotatable bonds is 4. The van der Waals surface area contributed by atoms with Gasteiger partial charge in [0.05, 0.1) is 11.0 Å². The van der Waals surface area contributed by atoms with Crippen LogP contribution in [0.2, 0.25) is 0 Å². The van der Waals surface area contributed by atoms with Crippen molar-refractivity contribution in [2.24, 2.45) is 0 Å². The Morgan fingerprint density at radius 1 is 0.938 bits per heavy atom. The highest BCUT2D eigenvalue weighted by molar-refractivity contribution is 5.97. The van der Waals surface area contributed by atoms with Crippen LogP contribution < -0.4 is 4.90 Å². The molecule has 1 amide bonds. The van der Waals surface area contributed by atoms with E-state index in [1.165, 1.54) is 27.8 Å². The Balaban J connectivity index is 1.56. The second-order valence-corrected chi connectivity index (χ2v) is 9.10. The number of hydrogen-bond donors (Lipinski definition) is 0. The number of para-hydroxylation sites is 2. The quantitative estimate of drug-likeness (QED) is 0.414. The minimum atomic E-state index is 0.0694. The molecule has 0 aliphatic carbocycles. The minimum Gasteiger partial charge on any atom is -0.323 e. The van der Waals surface area contributed by atoms with Crippen LogP contribution >= 0.6 is 0 Å². The summed E-state index contributed by atoms with van der Waals surface area (Å²) in [4.78, 5) is 20.1. The normalized spacial score (nSPS) is 16.3. The molecule has 1 unspecified atom stereocenters. The lowest BCUT2D eigenvalue weighted by molar-refractivity contribution is -0.117. The van der Waals surface area contributed by atoms with Crippen LogP contribution in [0.5, 0.6) is 0 Å². The highest BCUT2D eigenvalue weighted by Crippen LogP contribution is 2.35. The number of aryl methyl sites for hydroxylation is 3. The van der Waals surface area contributed by atoms with Gasteiger partial charge in [-0.1, -0.05) is 48.0 Å². The molecule has 1 saturated heterocycles. The molecule has 4 aromatic rings. The van der Waals surface area contributed by atoms with Crippen molar-refractivity contribution in [3.05, 3.63) is 94.3 Å². The van der Waals surface area contributed by atoms with Crippen molar-refractivity contribution in [2.75, 3.05) is 11.4 Å². The average Bonchev–Trinajstić information content (AvgIpc) is 3.33. The number of carbonyl (C=O) groups is 1. The largest absolute Gasteiger partial charge is 0.323 e. The zero-order valence-corrected chi connectivity index (χ0v) is 19.2. The summed E-state index contributed by atoms with van der Waals surface area (Å²) in [5.74, 6) is 1.25. The number of carbonyl (C=O) groups excluding carboxylic acids is 1. The van der Waals surface area contributed by atoms with Crippen LogP contribution in [0.3, 0.4) is 0 Å². The maximum absolute atomic E-state index is 13.1. The van der Waals surface area contributed by atoms with Gasteiger partial charge in [0.15, 0.2) is 0 Å². The first-order chi connectivity index (χ1) is 15.4. The minimum absolute atomic E-state index is 0.0694. The Kier molecular flexibility index (Phi) is 5.09. The van der Waals surface area contributed by atoms with Gasteiger partial charge in [-0.2, -0.15) is 0 Å². The van der Waals surface area contributed by atoms with E-state index in [9.17, 15) is 4.79 Å². The first-order valence-corrected chi connectivity index (χ1v) is 11.3. The molecule has 2 heterocycles. The molecule has 1 fully saturated rings. The van der Waals surface area contributed by atoms with E-state index in [4.69, 9.17) is 4.98 Å². The molecule has 32 heavy (non-hydrogen) atoms. The van der Waals surface area contributed by atoms with E-state index in [1.807, 2.05) is 17.0 Å².